The number of hydrogen-bond acceptors (Lipinski definition) is 3. The van der Waals surface area contributed by atoms with Gasteiger partial charge in [-0.1, -0.05) is 13.8 Å². The summed E-state index contributed by atoms with van der Waals surface area (Å²) in [6.45, 7) is 11.9. The van der Waals surface area contributed by atoms with E-state index in [2.05, 4.69) is 50.5 Å². The molecule has 1 heterocycles. The van der Waals surface area contributed by atoms with Crippen LogP contribution >= 0.6 is 12.2 Å². The van der Waals surface area contributed by atoms with Gasteiger partial charge >= 0.3 is 0 Å². The molecule has 0 aliphatic carbocycles. The number of ether oxygens (including phenoxy) is 2. The lowest BCUT2D eigenvalue weighted by molar-refractivity contribution is -0.934. The molecule has 6 heteroatoms. The maximum Gasteiger partial charge on any atom is 0.166 e. The third kappa shape index (κ3) is 4.41. The second-order valence-electron chi connectivity index (χ2n) is 7.17. The molecule has 1 aliphatic rings. The van der Waals surface area contributed by atoms with Crippen LogP contribution in [0.25, 0.3) is 0 Å². The molecule has 26 heavy (non-hydrogen) atoms. The maximum atomic E-state index is 5.59. The van der Waals surface area contributed by atoms with E-state index in [1.54, 1.807) is 19.1 Å². The van der Waals surface area contributed by atoms with Gasteiger partial charge in [0, 0.05) is 18.5 Å². The van der Waals surface area contributed by atoms with Crippen LogP contribution < -0.4 is 25.0 Å². The van der Waals surface area contributed by atoms with Crippen molar-refractivity contribution in [3.8, 4) is 11.5 Å². The fraction of sp³-hybridized carbons (Fsp3) is 0.650. The number of methoxy groups -OCH3 is 2. The van der Waals surface area contributed by atoms with Gasteiger partial charge < -0.3 is 25.0 Å². The fourth-order valence-corrected chi connectivity index (χ4v) is 4.24. The normalized spacial score (nSPS) is 20.3. The minimum atomic E-state index is 0.244. The first-order valence-electron chi connectivity index (χ1n) is 9.60. The van der Waals surface area contributed by atoms with E-state index in [-0.39, 0.29) is 6.04 Å². The molecule has 0 saturated heterocycles. The van der Waals surface area contributed by atoms with Gasteiger partial charge in [0.05, 0.1) is 33.4 Å². The first-order chi connectivity index (χ1) is 12.5. The quantitative estimate of drug-likeness (QED) is 0.629. The zero-order valence-electron chi connectivity index (χ0n) is 16.9. The van der Waals surface area contributed by atoms with Gasteiger partial charge in [-0.3, -0.25) is 0 Å². The topological polar surface area (TPSA) is 47.0 Å². The summed E-state index contributed by atoms with van der Waals surface area (Å²) in [5, 5.41) is 7.55. The van der Waals surface area contributed by atoms with Gasteiger partial charge in [-0.2, -0.15) is 0 Å². The summed E-state index contributed by atoms with van der Waals surface area (Å²) in [5.41, 5.74) is 2.70. The van der Waals surface area contributed by atoms with Gasteiger partial charge in [-0.15, -0.1) is 0 Å². The highest BCUT2D eigenvalue weighted by Crippen LogP contribution is 2.35. The minimum Gasteiger partial charge on any atom is -0.493 e. The van der Waals surface area contributed by atoms with Gasteiger partial charge in [0.1, 0.15) is 6.04 Å². The van der Waals surface area contributed by atoms with E-state index < -0.39 is 0 Å². The number of benzene rings is 1. The summed E-state index contributed by atoms with van der Waals surface area (Å²) in [4.78, 5) is 1.58. The Morgan fingerprint density at radius 1 is 1.23 bits per heavy atom. The van der Waals surface area contributed by atoms with Gasteiger partial charge in [-0.25, -0.2) is 0 Å². The smallest absolute Gasteiger partial charge is 0.166 e. The summed E-state index contributed by atoms with van der Waals surface area (Å²) >= 11 is 5.50. The summed E-state index contributed by atoms with van der Waals surface area (Å²) < 4.78 is 11.1. The Balaban J connectivity index is 2.48. The van der Waals surface area contributed by atoms with Crippen LogP contribution in [0, 0.1) is 5.92 Å². The van der Waals surface area contributed by atoms with Crippen LogP contribution in [0.4, 0.5) is 0 Å². The number of hydrogen-bond donors (Lipinski definition) is 3. The predicted molar refractivity (Wildman–Crippen MR) is 110 cm³/mol. The summed E-state index contributed by atoms with van der Waals surface area (Å²) in [6, 6.07) is 4.88. The first kappa shape index (κ1) is 20.8. The summed E-state index contributed by atoms with van der Waals surface area (Å²) in [6.07, 6.45) is 1.05. The van der Waals surface area contributed by atoms with Crippen LogP contribution in [-0.4, -0.2) is 45.0 Å². The number of nitrogens with one attached hydrogen (secondary N) is 3. The number of fused-ring (bicyclic) bond motifs is 1. The van der Waals surface area contributed by atoms with Crippen LogP contribution in [0.1, 0.15) is 44.9 Å². The molecule has 0 amide bonds. The highest BCUT2D eigenvalue weighted by molar-refractivity contribution is 7.80. The SMILES string of the molecule is CCNC(=S)N[C@H](C(C)C)[C@H]1c2cc(OC)c(OC)cc2CC[NH+]1CC. The molecule has 0 spiro atoms. The fourth-order valence-electron chi connectivity index (χ4n) is 3.96. The molecule has 0 fully saturated rings. The lowest BCUT2D eigenvalue weighted by atomic mass is 9.83. The van der Waals surface area contributed by atoms with E-state index in [9.17, 15) is 0 Å². The van der Waals surface area contributed by atoms with Crippen molar-refractivity contribution >= 4 is 17.3 Å². The molecule has 1 unspecified atom stereocenters. The lowest BCUT2D eigenvalue weighted by Crippen LogP contribution is -3.14. The van der Waals surface area contributed by atoms with E-state index >= 15 is 0 Å². The molecule has 3 atom stereocenters. The van der Waals surface area contributed by atoms with Gasteiger partial charge in [0.25, 0.3) is 0 Å². The van der Waals surface area contributed by atoms with Crippen molar-refractivity contribution in [3.63, 3.8) is 0 Å². The molecule has 0 bridgehead atoms. The van der Waals surface area contributed by atoms with Crippen LogP contribution in [-0.2, 0) is 6.42 Å². The minimum absolute atomic E-state index is 0.244. The van der Waals surface area contributed by atoms with E-state index in [1.807, 2.05) is 0 Å². The maximum absolute atomic E-state index is 5.59. The molecule has 146 valence electrons. The molecule has 1 aromatic rings. The molecule has 0 aromatic heterocycles. The zero-order valence-corrected chi connectivity index (χ0v) is 17.8. The second kappa shape index (κ2) is 9.42. The van der Waals surface area contributed by atoms with Crippen molar-refractivity contribution in [2.24, 2.45) is 5.92 Å². The first-order valence-corrected chi connectivity index (χ1v) is 10.0. The van der Waals surface area contributed by atoms with Gasteiger partial charge in [-0.05, 0) is 49.7 Å². The molecule has 0 saturated carbocycles. The molecular formula is C20H34N3O2S+. The average Bonchev–Trinajstić information content (AvgIpc) is 2.64. The van der Waals surface area contributed by atoms with Crippen LogP contribution in [0.15, 0.2) is 12.1 Å². The predicted octanol–water partition coefficient (Wildman–Crippen LogP) is 1.71. The van der Waals surface area contributed by atoms with Crippen molar-refractivity contribution in [3.05, 3.63) is 23.3 Å². The number of likely N-dealkylation sites (N-methyl/N-ethyl adjacent to an activating group) is 1. The highest BCUT2D eigenvalue weighted by Gasteiger charge is 2.39. The largest absolute Gasteiger partial charge is 0.493 e. The second-order valence-corrected chi connectivity index (χ2v) is 7.58. The third-order valence-corrected chi connectivity index (χ3v) is 5.56. The van der Waals surface area contributed by atoms with E-state index in [0.29, 0.717) is 12.0 Å². The summed E-state index contributed by atoms with van der Waals surface area (Å²) in [5.74, 6) is 2.05. The van der Waals surface area contributed by atoms with E-state index in [1.165, 1.54) is 11.1 Å². The Labute approximate surface area is 163 Å². The van der Waals surface area contributed by atoms with Gasteiger partial charge in [0.2, 0.25) is 0 Å². The van der Waals surface area contributed by atoms with Crippen LogP contribution in [0.3, 0.4) is 0 Å². The van der Waals surface area contributed by atoms with Crippen molar-refractivity contribution in [2.45, 2.75) is 46.2 Å². The average molecular weight is 381 g/mol. The zero-order chi connectivity index (χ0) is 19.3. The standard InChI is InChI=1S/C20H33N3O2S/c1-7-21-20(26)22-18(13(3)4)19-15-12-17(25-6)16(24-5)11-14(15)9-10-23(19)8-2/h11-13,18-19H,7-10H2,1-6H3,(H2,21,22,26)/p+1/t18-,19-/m1/s1. The van der Waals surface area contributed by atoms with Crippen molar-refractivity contribution in [1.82, 2.24) is 10.6 Å². The van der Waals surface area contributed by atoms with Crippen molar-refractivity contribution in [1.29, 1.82) is 0 Å². The number of rotatable bonds is 7. The molecule has 1 aliphatic heterocycles. The molecule has 0 radical (unpaired) electrons. The van der Waals surface area contributed by atoms with Crippen LogP contribution in [0.5, 0.6) is 11.5 Å². The molecule has 3 N–H and O–H groups in total. The molecule has 1 aromatic carbocycles. The Morgan fingerprint density at radius 2 is 1.88 bits per heavy atom. The van der Waals surface area contributed by atoms with E-state index in [0.717, 1.165) is 42.7 Å². The molecule has 5 nitrogen and oxygen atoms in total. The molecular weight excluding hydrogens is 346 g/mol. The molecule has 2 rings (SSSR count). The van der Waals surface area contributed by atoms with Gasteiger partial charge in [0.15, 0.2) is 16.6 Å². The number of quaternary nitrogens is 1. The van der Waals surface area contributed by atoms with Crippen molar-refractivity contribution < 1.29 is 14.4 Å². The Bertz CT molecular complexity index is 621. The highest BCUT2D eigenvalue weighted by atomic mass is 32.1. The van der Waals surface area contributed by atoms with E-state index in [4.69, 9.17) is 21.7 Å². The summed E-state index contributed by atoms with van der Waals surface area (Å²) in [7, 11) is 3.40. The Kier molecular flexibility index (Phi) is 7.53. The van der Waals surface area contributed by atoms with Crippen LogP contribution in [0.2, 0.25) is 0 Å². The third-order valence-electron chi connectivity index (χ3n) is 5.30. The Hall–Kier alpha value is -1.53. The lowest BCUT2D eigenvalue weighted by Gasteiger charge is -2.40. The van der Waals surface area contributed by atoms with Crippen molar-refractivity contribution in [2.75, 3.05) is 33.9 Å². The Morgan fingerprint density at radius 3 is 2.42 bits per heavy atom. The number of thiocarbonyl (C=S) groups is 1. The monoisotopic (exact) mass is 380 g/mol.